The molecule has 2 amide bonds. The Morgan fingerprint density at radius 2 is 1.89 bits per heavy atom. The number of nitrogens with zero attached hydrogens (tertiary/aromatic N) is 2. The van der Waals surface area contributed by atoms with Gasteiger partial charge < -0.3 is 20.1 Å². The molecular formula is C28H35N3O4. The molecular weight excluding hydrogens is 442 g/mol. The van der Waals surface area contributed by atoms with Crippen LogP contribution < -0.4 is 10.1 Å². The van der Waals surface area contributed by atoms with E-state index in [2.05, 4.69) is 36.2 Å². The highest BCUT2D eigenvalue weighted by atomic mass is 16.5. The molecule has 7 aliphatic rings. The van der Waals surface area contributed by atoms with E-state index in [4.69, 9.17) is 4.74 Å². The molecule has 1 saturated carbocycles. The van der Waals surface area contributed by atoms with Crippen molar-refractivity contribution in [3.8, 4) is 5.75 Å². The van der Waals surface area contributed by atoms with Gasteiger partial charge in [-0.05, 0) is 75.1 Å². The number of hydrogen-bond donors (Lipinski definition) is 2. The normalized spacial score (nSPS) is 43.6. The minimum atomic E-state index is -1.08. The predicted octanol–water partition coefficient (Wildman–Crippen LogP) is 2.92. The van der Waals surface area contributed by atoms with Crippen molar-refractivity contribution in [1.29, 1.82) is 0 Å². The molecule has 1 aromatic rings. The smallest absolute Gasteiger partial charge is 0.246 e. The minimum Gasteiger partial charge on any atom is -0.483 e. The monoisotopic (exact) mass is 477 g/mol. The Balaban J connectivity index is 1.43. The van der Waals surface area contributed by atoms with Crippen LogP contribution in [0.4, 0.5) is 5.69 Å². The molecule has 0 aromatic heterocycles. The number of carbonyl (C=O) groups excluding carboxylic acids is 2. The van der Waals surface area contributed by atoms with Crippen molar-refractivity contribution >= 4 is 23.6 Å². The van der Waals surface area contributed by atoms with Crippen LogP contribution in [0.15, 0.2) is 18.2 Å². The summed E-state index contributed by atoms with van der Waals surface area (Å²) in [5.74, 6) is 0.889. The third-order valence-corrected chi connectivity index (χ3v) is 11.1. The second-order valence-corrected chi connectivity index (χ2v) is 13.2. The Kier molecular flexibility index (Phi) is 3.61. The summed E-state index contributed by atoms with van der Waals surface area (Å²) in [5.41, 5.74) is -1.26. The summed E-state index contributed by atoms with van der Waals surface area (Å²) in [4.78, 5) is 32.2. The average molecular weight is 478 g/mol. The maximum Gasteiger partial charge on any atom is 0.246 e. The molecule has 2 bridgehead atoms. The highest BCUT2D eigenvalue weighted by molar-refractivity contribution is 6.10. The number of carbonyl (C=O) groups is 2. The number of benzene rings is 1. The highest BCUT2D eigenvalue weighted by Gasteiger charge is 2.82. The molecule has 5 fully saturated rings. The largest absolute Gasteiger partial charge is 0.483 e. The Morgan fingerprint density at radius 3 is 2.63 bits per heavy atom. The molecule has 4 saturated heterocycles. The number of fused-ring (bicyclic) bond motifs is 5. The average Bonchev–Trinajstić information content (AvgIpc) is 3.29. The van der Waals surface area contributed by atoms with Gasteiger partial charge in [0.05, 0.1) is 22.2 Å². The van der Waals surface area contributed by atoms with E-state index in [1.807, 2.05) is 44.9 Å². The molecule has 7 nitrogen and oxygen atoms in total. The number of anilines is 1. The highest BCUT2D eigenvalue weighted by Crippen LogP contribution is 2.72. The summed E-state index contributed by atoms with van der Waals surface area (Å²) in [7, 11) is 1.90. The predicted molar refractivity (Wildman–Crippen MR) is 132 cm³/mol. The fraction of sp³-hybridized carbons (Fsp3) is 0.643. The number of likely N-dealkylation sites (N-methyl/N-ethyl adjacent to an activating group) is 1. The van der Waals surface area contributed by atoms with Crippen molar-refractivity contribution in [1.82, 2.24) is 9.80 Å². The molecule has 5 atom stereocenters. The Hall–Kier alpha value is -2.38. The molecule has 3 spiro atoms. The first-order valence-corrected chi connectivity index (χ1v) is 12.9. The van der Waals surface area contributed by atoms with Crippen LogP contribution in [-0.2, 0) is 15.0 Å². The molecule has 1 aliphatic carbocycles. The first-order valence-electron chi connectivity index (χ1n) is 12.9. The van der Waals surface area contributed by atoms with Crippen LogP contribution in [0.2, 0.25) is 0 Å². The molecule has 6 heterocycles. The molecule has 7 heteroatoms. The second kappa shape index (κ2) is 5.78. The van der Waals surface area contributed by atoms with E-state index < -0.39 is 33.1 Å². The number of nitrogens with one attached hydrogen (secondary N) is 1. The van der Waals surface area contributed by atoms with E-state index in [0.717, 1.165) is 22.6 Å². The topological polar surface area (TPSA) is 82.1 Å². The molecule has 35 heavy (non-hydrogen) atoms. The van der Waals surface area contributed by atoms with Crippen LogP contribution in [-0.4, -0.2) is 69.1 Å². The van der Waals surface area contributed by atoms with Gasteiger partial charge in [0, 0.05) is 25.7 Å². The Labute approximate surface area is 206 Å². The number of amides is 2. The van der Waals surface area contributed by atoms with Crippen LogP contribution in [0.3, 0.4) is 0 Å². The van der Waals surface area contributed by atoms with Gasteiger partial charge in [0.1, 0.15) is 16.9 Å². The number of hydrogen-bond acceptors (Lipinski definition) is 5. The van der Waals surface area contributed by atoms with Gasteiger partial charge >= 0.3 is 0 Å². The van der Waals surface area contributed by atoms with Crippen LogP contribution in [0.1, 0.15) is 65.0 Å². The molecule has 2 N–H and O–H groups in total. The lowest BCUT2D eigenvalue weighted by atomic mass is 9.55. The van der Waals surface area contributed by atoms with Gasteiger partial charge in [-0.25, -0.2) is 0 Å². The summed E-state index contributed by atoms with van der Waals surface area (Å²) < 4.78 is 6.20. The number of aliphatic hydroxyl groups is 1. The van der Waals surface area contributed by atoms with E-state index in [1.165, 1.54) is 0 Å². The van der Waals surface area contributed by atoms with Gasteiger partial charge in [0.15, 0.2) is 0 Å². The molecule has 5 unspecified atom stereocenters. The summed E-state index contributed by atoms with van der Waals surface area (Å²) in [6.07, 6.45) is 5.87. The van der Waals surface area contributed by atoms with Gasteiger partial charge in [-0.2, -0.15) is 0 Å². The zero-order chi connectivity index (χ0) is 25.0. The number of piperazine rings is 1. The molecule has 8 rings (SSSR count). The molecule has 1 aromatic carbocycles. The summed E-state index contributed by atoms with van der Waals surface area (Å²) in [5, 5.41) is 14.8. The first kappa shape index (κ1) is 21.9. The number of piperidine rings is 2. The lowest BCUT2D eigenvalue weighted by molar-refractivity contribution is -0.206. The van der Waals surface area contributed by atoms with Crippen molar-refractivity contribution in [2.45, 2.75) is 81.6 Å². The standard InChI is InChI=1S/C28H35N3O4/c1-23(2)10-9-16-18(35-23)8-7-17-20(16)29-21(32)27(17)14-26-15-31-12-11-25(5,34)28(31,22(33)30(26)6)13-19(26)24(27,3)4/h7-10,19,34H,11-15H2,1-6H3,(H,29,32). The van der Waals surface area contributed by atoms with Crippen molar-refractivity contribution in [2.24, 2.45) is 11.3 Å². The molecule has 6 aliphatic heterocycles. The third kappa shape index (κ3) is 2.08. The fourth-order valence-electron chi connectivity index (χ4n) is 9.17. The summed E-state index contributed by atoms with van der Waals surface area (Å²) in [6, 6.07) is 4.08. The van der Waals surface area contributed by atoms with Crippen LogP contribution in [0.5, 0.6) is 5.75 Å². The Bertz CT molecular complexity index is 1260. The van der Waals surface area contributed by atoms with Gasteiger partial charge in [-0.1, -0.05) is 19.9 Å². The maximum atomic E-state index is 14.1. The Morgan fingerprint density at radius 1 is 1.14 bits per heavy atom. The summed E-state index contributed by atoms with van der Waals surface area (Å²) in [6.45, 7) is 11.7. The first-order chi connectivity index (χ1) is 16.2. The fourth-order valence-corrected chi connectivity index (χ4v) is 9.17. The quantitative estimate of drug-likeness (QED) is 0.601. The van der Waals surface area contributed by atoms with Crippen LogP contribution in [0.25, 0.3) is 6.08 Å². The SMILES string of the molecule is CN1C(=O)C23CC4C1(CN2CCC3(C)O)CC1(C(=O)Nc2c1ccc1c2C=CC(C)(C)O1)C4(C)C. The van der Waals surface area contributed by atoms with Crippen LogP contribution >= 0.6 is 0 Å². The van der Waals surface area contributed by atoms with Crippen molar-refractivity contribution < 1.29 is 19.4 Å². The van der Waals surface area contributed by atoms with Gasteiger partial charge in [0.25, 0.3) is 0 Å². The molecule has 0 radical (unpaired) electrons. The van der Waals surface area contributed by atoms with E-state index in [-0.39, 0.29) is 17.7 Å². The van der Waals surface area contributed by atoms with E-state index in [9.17, 15) is 14.7 Å². The van der Waals surface area contributed by atoms with Crippen molar-refractivity contribution in [2.75, 3.05) is 25.5 Å². The number of rotatable bonds is 0. The van der Waals surface area contributed by atoms with Gasteiger partial charge in [-0.15, -0.1) is 0 Å². The maximum absolute atomic E-state index is 14.1. The number of ether oxygens (including phenoxy) is 1. The van der Waals surface area contributed by atoms with E-state index in [1.54, 1.807) is 0 Å². The van der Waals surface area contributed by atoms with Crippen molar-refractivity contribution in [3.63, 3.8) is 0 Å². The van der Waals surface area contributed by atoms with Crippen LogP contribution in [0, 0.1) is 11.3 Å². The van der Waals surface area contributed by atoms with Gasteiger partial charge in [0.2, 0.25) is 11.8 Å². The minimum absolute atomic E-state index is 0.0120. The van der Waals surface area contributed by atoms with E-state index in [0.29, 0.717) is 32.4 Å². The zero-order valence-corrected chi connectivity index (χ0v) is 21.5. The van der Waals surface area contributed by atoms with E-state index >= 15 is 0 Å². The summed E-state index contributed by atoms with van der Waals surface area (Å²) >= 11 is 0. The molecule has 186 valence electrons. The van der Waals surface area contributed by atoms with Gasteiger partial charge in [-0.3, -0.25) is 14.5 Å². The lowest BCUT2D eigenvalue weighted by Gasteiger charge is -2.65. The second-order valence-electron chi connectivity index (χ2n) is 13.2. The third-order valence-electron chi connectivity index (χ3n) is 11.1. The zero-order valence-electron chi connectivity index (χ0n) is 21.5. The lowest BCUT2D eigenvalue weighted by Crippen LogP contribution is -2.82. The van der Waals surface area contributed by atoms with Crippen molar-refractivity contribution in [3.05, 3.63) is 29.3 Å².